The van der Waals surface area contributed by atoms with Crippen molar-refractivity contribution in [1.82, 2.24) is 25.1 Å². The number of pyridine rings is 2. The van der Waals surface area contributed by atoms with Gasteiger partial charge in [-0.3, -0.25) is 9.78 Å². The highest BCUT2D eigenvalue weighted by Crippen LogP contribution is 2.36. The van der Waals surface area contributed by atoms with E-state index in [1.54, 1.807) is 18.3 Å². The predicted molar refractivity (Wildman–Crippen MR) is 141 cm³/mol. The first kappa shape index (κ1) is 27.1. The van der Waals surface area contributed by atoms with Gasteiger partial charge in [-0.15, -0.1) is 10.2 Å². The van der Waals surface area contributed by atoms with Gasteiger partial charge in [0.2, 0.25) is 12.3 Å². The molecule has 0 spiro atoms. The fourth-order valence-electron chi connectivity index (χ4n) is 4.36. The van der Waals surface area contributed by atoms with E-state index in [2.05, 4.69) is 37.0 Å². The van der Waals surface area contributed by atoms with E-state index in [4.69, 9.17) is 9.15 Å². The molecule has 4 aromatic rings. The highest BCUT2D eigenvalue weighted by molar-refractivity contribution is 5.81. The molecule has 0 unspecified atom stereocenters. The molecule has 0 atom stereocenters. The summed E-state index contributed by atoms with van der Waals surface area (Å²) in [7, 11) is 3.52. The lowest BCUT2D eigenvalue weighted by Crippen LogP contribution is -2.44. The SMILES string of the molecule is COc1cc(-c2ccc(N3CCN(C)CC3)nc2)c(F)cc1N(C=O)Cc1ccc(-c2nnc(C(F)F)o2)cn1. The van der Waals surface area contributed by atoms with Crippen molar-refractivity contribution in [2.45, 2.75) is 13.0 Å². The second-order valence-corrected chi connectivity index (χ2v) is 9.22. The summed E-state index contributed by atoms with van der Waals surface area (Å²) in [6.07, 6.45) is 0.656. The summed E-state index contributed by atoms with van der Waals surface area (Å²) in [6, 6.07) is 9.57. The first-order valence-electron chi connectivity index (χ1n) is 12.4. The fraction of sp³-hybridized carbons (Fsp3) is 0.296. The Morgan fingerprint density at radius 3 is 2.40 bits per heavy atom. The number of benzene rings is 1. The van der Waals surface area contributed by atoms with Gasteiger partial charge in [0.05, 0.1) is 30.6 Å². The summed E-state index contributed by atoms with van der Waals surface area (Å²) in [4.78, 5) is 26.5. The summed E-state index contributed by atoms with van der Waals surface area (Å²) in [5.74, 6) is -0.322. The molecule has 1 aromatic carbocycles. The molecule has 0 radical (unpaired) electrons. The Morgan fingerprint density at radius 2 is 1.80 bits per heavy atom. The molecule has 10 nitrogen and oxygen atoms in total. The Bertz CT molecular complexity index is 1460. The van der Waals surface area contributed by atoms with E-state index in [9.17, 15) is 13.6 Å². The maximum absolute atomic E-state index is 15.4. The molecule has 0 saturated carbocycles. The number of amides is 1. The number of alkyl halides is 2. The standard InChI is InChI=1S/C27H26F3N7O3/c1-35-7-9-36(10-8-35)24-6-4-17(13-32-24)20-11-23(39-2)22(12-21(20)28)37(16-38)15-19-5-3-18(14-31-19)26-33-34-27(40-26)25(29)30/h3-6,11-14,16,25H,7-10,15H2,1-2H3. The van der Waals surface area contributed by atoms with Crippen LogP contribution in [0.1, 0.15) is 18.0 Å². The van der Waals surface area contributed by atoms with Gasteiger partial charge in [0.25, 0.3) is 5.89 Å². The molecule has 1 aliphatic rings. The molecular weight excluding hydrogens is 527 g/mol. The van der Waals surface area contributed by atoms with E-state index in [-0.39, 0.29) is 29.4 Å². The molecule has 3 aromatic heterocycles. The van der Waals surface area contributed by atoms with Gasteiger partial charge in [0, 0.05) is 55.8 Å². The smallest absolute Gasteiger partial charge is 0.314 e. The maximum atomic E-state index is 15.4. The number of likely N-dealkylation sites (N-methyl/N-ethyl adjacent to an activating group) is 1. The lowest BCUT2D eigenvalue weighted by molar-refractivity contribution is -0.107. The molecule has 1 fully saturated rings. The second kappa shape index (κ2) is 11.7. The predicted octanol–water partition coefficient (Wildman–Crippen LogP) is 4.19. The minimum absolute atomic E-state index is 0.00762. The first-order valence-corrected chi connectivity index (χ1v) is 12.4. The zero-order chi connectivity index (χ0) is 28.2. The number of ether oxygens (including phenoxy) is 1. The van der Waals surface area contributed by atoms with Gasteiger partial charge < -0.3 is 23.9 Å². The Hall–Kier alpha value is -4.52. The Kier molecular flexibility index (Phi) is 7.91. The molecule has 1 amide bonds. The van der Waals surface area contributed by atoms with Crippen molar-refractivity contribution in [1.29, 1.82) is 0 Å². The summed E-state index contributed by atoms with van der Waals surface area (Å²) in [5.41, 5.74) is 1.85. The van der Waals surface area contributed by atoms with E-state index in [1.807, 2.05) is 12.1 Å². The van der Waals surface area contributed by atoms with Crippen LogP contribution >= 0.6 is 0 Å². The van der Waals surface area contributed by atoms with Crippen LogP contribution in [0, 0.1) is 5.82 Å². The lowest BCUT2D eigenvalue weighted by atomic mass is 10.0. The van der Waals surface area contributed by atoms with Gasteiger partial charge in [-0.05, 0) is 37.4 Å². The van der Waals surface area contributed by atoms with Crippen LogP contribution < -0.4 is 14.5 Å². The van der Waals surface area contributed by atoms with Crippen LogP contribution in [0.4, 0.5) is 24.7 Å². The number of methoxy groups -OCH3 is 1. The molecule has 1 aliphatic heterocycles. The highest BCUT2D eigenvalue weighted by atomic mass is 19.3. The quantitative estimate of drug-likeness (QED) is 0.283. The average Bonchev–Trinajstić information content (AvgIpc) is 3.48. The minimum Gasteiger partial charge on any atom is -0.495 e. The number of rotatable bonds is 9. The van der Waals surface area contributed by atoms with Crippen LogP contribution in [-0.2, 0) is 11.3 Å². The second-order valence-electron chi connectivity index (χ2n) is 9.22. The zero-order valence-electron chi connectivity index (χ0n) is 21.8. The molecule has 13 heteroatoms. The number of hydrogen-bond acceptors (Lipinski definition) is 9. The molecule has 208 valence electrons. The zero-order valence-corrected chi connectivity index (χ0v) is 21.8. The third kappa shape index (κ3) is 5.73. The van der Waals surface area contributed by atoms with E-state index in [0.717, 1.165) is 32.0 Å². The summed E-state index contributed by atoms with van der Waals surface area (Å²) < 4.78 is 51.2. The van der Waals surface area contributed by atoms with E-state index in [0.29, 0.717) is 23.2 Å². The topological polar surface area (TPSA) is 101 Å². The lowest BCUT2D eigenvalue weighted by Gasteiger charge is -2.33. The normalized spacial score (nSPS) is 14.0. The van der Waals surface area contributed by atoms with Crippen LogP contribution in [-0.4, -0.2) is 71.8 Å². The van der Waals surface area contributed by atoms with Crippen molar-refractivity contribution >= 4 is 17.9 Å². The maximum Gasteiger partial charge on any atom is 0.314 e. The van der Waals surface area contributed by atoms with Gasteiger partial charge in [-0.2, -0.15) is 8.78 Å². The number of hydrogen-bond donors (Lipinski definition) is 0. The highest BCUT2D eigenvalue weighted by Gasteiger charge is 2.21. The van der Waals surface area contributed by atoms with E-state index < -0.39 is 18.1 Å². The number of halogens is 3. The third-order valence-corrected chi connectivity index (χ3v) is 6.62. The van der Waals surface area contributed by atoms with Crippen LogP contribution in [0.5, 0.6) is 5.75 Å². The van der Waals surface area contributed by atoms with Crippen molar-refractivity contribution in [2.75, 3.05) is 50.1 Å². The number of anilines is 2. The Balaban J connectivity index is 1.34. The van der Waals surface area contributed by atoms with Crippen LogP contribution in [0.2, 0.25) is 0 Å². The number of aromatic nitrogens is 4. The van der Waals surface area contributed by atoms with Gasteiger partial charge >= 0.3 is 6.43 Å². The van der Waals surface area contributed by atoms with Crippen LogP contribution in [0.3, 0.4) is 0 Å². The van der Waals surface area contributed by atoms with E-state index in [1.165, 1.54) is 30.3 Å². The molecule has 4 heterocycles. The van der Waals surface area contributed by atoms with Gasteiger partial charge in [-0.1, -0.05) is 0 Å². The molecule has 0 bridgehead atoms. The fourth-order valence-corrected chi connectivity index (χ4v) is 4.36. The van der Waals surface area contributed by atoms with Gasteiger partial charge in [0.15, 0.2) is 0 Å². The molecular formula is C27H26F3N7O3. The Labute approximate surface area is 228 Å². The third-order valence-electron chi connectivity index (χ3n) is 6.62. The largest absolute Gasteiger partial charge is 0.495 e. The van der Waals surface area contributed by atoms with Crippen molar-refractivity contribution < 1.29 is 27.1 Å². The number of nitrogens with zero attached hydrogens (tertiary/aromatic N) is 7. The van der Waals surface area contributed by atoms with Crippen molar-refractivity contribution in [3.8, 4) is 28.3 Å². The van der Waals surface area contributed by atoms with Crippen LogP contribution in [0.15, 0.2) is 53.2 Å². The number of carbonyl (C=O) groups is 1. The molecule has 1 saturated heterocycles. The monoisotopic (exact) mass is 553 g/mol. The molecule has 0 aliphatic carbocycles. The Morgan fingerprint density at radius 1 is 1.05 bits per heavy atom. The summed E-state index contributed by atoms with van der Waals surface area (Å²) in [6.45, 7) is 3.63. The van der Waals surface area contributed by atoms with Crippen molar-refractivity contribution in [2.24, 2.45) is 0 Å². The number of carbonyl (C=O) groups excluding carboxylic acids is 1. The van der Waals surface area contributed by atoms with Crippen molar-refractivity contribution in [3.63, 3.8) is 0 Å². The molecule has 40 heavy (non-hydrogen) atoms. The summed E-state index contributed by atoms with van der Waals surface area (Å²) >= 11 is 0. The first-order chi connectivity index (χ1) is 19.4. The van der Waals surface area contributed by atoms with E-state index >= 15 is 4.39 Å². The molecule has 5 rings (SSSR count). The molecule has 0 N–H and O–H groups in total. The average molecular weight is 554 g/mol. The van der Waals surface area contributed by atoms with Gasteiger partial charge in [0.1, 0.15) is 17.4 Å². The van der Waals surface area contributed by atoms with Crippen LogP contribution in [0.25, 0.3) is 22.6 Å². The van der Waals surface area contributed by atoms with Crippen molar-refractivity contribution in [3.05, 3.63) is 66.2 Å². The van der Waals surface area contributed by atoms with Gasteiger partial charge in [-0.25, -0.2) is 9.37 Å². The number of piperazine rings is 1. The summed E-state index contributed by atoms with van der Waals surface area (Å²) in [5, 5.41) is 6.88. The minimum atomic E-state index is -2.88.